The summed E-state index contributed by atoms with van der Waals surface area (Å²) in [6.07, 6.45) is 4.84. The number of anilines is 1. The Morgan fingerprint density at radius 2 is 1.96 bits per heavy atom. The maximum atomic E-state index is 12.3. The molecule has 1 aliphatic rings. The maximum absolute atomic E-state index is 12.3. The summed E-state index contributed by atoms with van der Waals surface area (Å²) in [5.41, 5.74) is 1.04. The summed E-state index contributed by atoms with van der Waals surface area (Å²) in [5, 5.41) is 1.06. The number of pyridine rings is 1. The zero-order valence-corrected chi connectivity index (χ0v) is 15.8. The van der Waals surface area contributed by atoms with E-state index in [1.165, 1.54) is 10.9 Å². The number of nitrogens with one attached hydrogen (secondary N) is 1. The highest BCUT2D eigenvalue weighted by molar-refractivity contribution is 7.89. The van der Waals surface area contributed by atoms with Crippen LogP contribution >= 0.6 is 11.3 Å². The lowest BCUT2D eigenvalue weighted by atomic mass is 9.97. The molecule has 1 aliphatic heterocycles. The lowest BCUT2D eigenvalue weighted by molar-refractivity contribution is 0.402. The molecule has 0 aliphatic carbocycles. The summed E-state index contributed by atoms with van der Waals surface area (Å²) in [4.78, 5) is 11.1. The molecule has 2 aromatic heterocycles. The number of rotatable bonds is 5. The molecule has 0 atom stereocenters. The number of benzene rings is 1. The first kappa shape index (κ1) is 17.4. The topological polar surface area (TPSA) is 75.2 Å². The van der Waals surface area contributed by atoms with Gasteiger partial charge < -0.3 is 4.90 Å². The lowest BCUT2D eigenvalue weighted by Crippen LogP contribution is -2.38. The molecule has 0 spiro atoms. The van der Waals surface area contributed by atoms with Gasteiger partial charge in [-0.2, -0.15) is 0 Å². The fourth-order valence-electron chi connectivity index (χ4n) is 3.14. The van der Waals surface area contributed by atoms with Crippen molar-refractivity contribution in [1.29, 1.82) is 0 Å². The molecule has 0 radical (unpaired) electrons. The van der Waals surface area contributed by atoms with Crippen LogP contribution in [0, 0.1) is 5.92 Å². The van der Waals surface area contributed by atoms with E-state index in [0.29, 0.717) is 12.5 Å². The predicted octanol–water partition coefficient (Wildman–Crippen LogP) is 2.89. The van der Waals surface area contributed by atoms with Gasteiger partial charge in [-0.15, -0.1) is 0 Å². The molecule has 8 heteroatoms. The van der Waals surface area contributed by atoms with Crippen LogP contribution < -0.4 is 9.62 Å². The summed E-state index contributed by atoms with van der Waals surface area (Å²) < 4.78 is 28.5. The van der Waals surface area contributed by atoms with Crippen LogP contribution in [0.1, 0.15) is 12.8 Å². The molecular weight excluding hydrogens is 368 g/mol. The number of aromatic nitrogens is 2. The Kier molecular flexibility index (Phi) is 4.88. The third-order valence-corrected chi connectivity index (χ3v) is 7.18. The summed E-state index contributed by atoms with van der Waals surface area (Å²) in [6.45, 7) is 2.27. The average molecular weight is 389 g/mol. The van der Waals surface area contributed by atoms with Crippen LogP contribution in [0.3, 0.4) is 0 Å². The van der Waals surface area contributed by atoms with E-state index in [-0.39, 0.29) is 4.90 Å². The zero-order valence-electron chi connectivity index (χ0n) is 14.2. The Balaban J connectivity index is 1.34. The Labute approximate surface area is 157 Å². The van der Waals surface area contributed by atoms with E-state index in [9.17, 15) is 8.42 Å². The van der Waals surface area contributed by atoms with Gasteiger partial charge in [-0.1, -0.05) is 23.5 Å². The van der Waals surface area contributed by atoms with Crippen molar-refractivity contribution in [2.45, 2.75) is 17.7 Å². The van der Waals surface area contributed by atoms with Gasteiger partial charge in [0.1, 0.15) is 4.90 Å². The largest absolute Gasteiger partial charge is 0.348 e. The van der Waals surface area contributed by atoms with Crippen LogP contribution in [0.2, 0.25) is 0 Å². The van der Waals surface area contributed by atoms with Crippen molar-refractivity contribution in [2.24, 2.45) is 5.92 Å². The third kappa shape index (κ3) is 3.72. The average Bonchev–Trinajstić information content (AvgIpc) is 3.12. The van der Waals surface area contributed by atoms with Gasteiger partial charge in [-0.3, -0.25) is 4.98 Å². The van der Waals surface area contributed by atoms with Gasteiger partial charge in [0.15, 0.2) is 5.13 Å². The lowest BCUT2D eigenvalue weighted by Gasteiger charge is -2.31. The Bertz CT molecular complexity index is 948. The summed E-state index contributed by atoms with van der Waals surface area (Å²) in [5.74, 6) is 0.340. The van der Waals surface area contributed by atoms with Crippen molar-refractivity contribution in [3.8, 4) is 0 Å². The van der Waals surface area contributed by atoms with Crippen LogP contribution in [0.15, 0.2) is 53.7 Å². The highest BCUT2D eigenvalue weighted by Gasteiger charge is 2.23. The number of sulfonamides is 1. The van der Waals surface area contributed by atoms with E-state index in [4.69, 9.17) is 4.98 Å². The second kappa shape index (κ2) is 7.30. The first-order valence-corrected chi connectivity index (χ1v) is 10.9. The normalized spacial score (nSPS) is 16.2. The van der Waals surface area contributed by atoms with Crippen molar-refractivity contribution < 1.29 is 8.42 Å². The summed E-state index contributed by atoms with van der Waals surface area (Å²) >= 11 is 1.72. The van der Waals surface area contributed by atoms with E-state index < -0.39 is 10.0 Å². The van der Waals surface area contributed by atoms with E-state index >= 15 is 0 Å². The minimum Gasteiger partial charge on any atom is -0.348 e. The van der Waals surface area contributed by atoms with E-state index in [1.807, 2.05) is 18.2 Å². The van der Waals surface area contributed by atoms with Crippen molar-refractivity contribution in [1.82, 2.24) is 14.7 Å². The molecule has 4 rings (SSSR count). The second-order valence-corrected chi connectivity index (χ2v) is 9.21. The molecule has 1 fully saturated rings. The van der Waals surface area contributed by atoms with Gasteiger partial charge >= 0.3 is 0 Å². The highest BCUT2D eigenvalue weighted by Crippen LogP contribution is 2.31. The van der Waals surface area contributed by atoms with Gasteiger partial charge in [-0.25, -0.2) is 18.1 Å². The number of thiazole rings is 1. The molecular formula is C18H20N4O2S2. The van der Waals surface area contributed by atoms with Crippen LogP contribution in [0.4, 0.5) is 5.13 Å². The standard InChI is InChI=1S/C18H20N4O2S2/c23-26(24,15-4-3-9-19-13-15)20-12-14-7-10-22(11-8-14)18-21-16-5-1-2-6-17(16)25-18/h1-6,9,13-14,20H,7-8,10-12H2. The van der Waals surface area contributed by atoms with E-state index in [2.05, 4.69) is 20.7 Å². The number of para-hydroxylation sites is 1. The van der Waals surface area contributed by atoms with Crippen molar-refractivity contribution in [2.75, 3.05) is 24.5 Å². The molecule has 0 unspecified atom stereocenters. The Morgan fingerprint density at radius 3 is 2.69 bits per heavy atom. The number of hydrogen-bond acceptors (Lipinski definition) is 6. The number of piperidine rings is 1. The molecule has 3 heterocycles. The molecule has 1 saturated heterocycles. The van der Waals surface area contributed by atoms with Gasteiger partial charge in [0.05, 0.1) is 10.2 Å². The molecule has 0 amide bonds. The highest BCUT2D eigenvalue weighted by atomic mass is 32.2. The van der Waals surface area contributed by atoms with E-state index in [1.54, 1.807) is 29.7 Å². The summed E-state index contributed by atoms with van der Waals surface area (Å²) in [7, 11) is -3.48. The molecule has 0 saturated carbocycles. The molecule has 1 N–H and O–H groups in total. The molecule has 6 nitrogen and oxygen atoms in total. The van der Waals surface area contributed by atoms with Crippen molar-refractivity contribution in [3.63, 3.8) is 0 Å². The zero-order chi connectivity index (χ0) is 18.0. The Hall–Kier alpha value is -2.03. The first-order chi connectivity index (χ1) is 12.6. The predicted molar refractivity (Wildman–Crippen MR) is 104 cm³/mol. The number of hydrogen-bond donors (Lipinski definition) is 1. The van der Waals surface area contributed by atoms with Gasteiger partial charge in [-0.05, 0) is 43.0 Å². The number of fused-ring (bicyclic) bond motifs is 1. The maximum Gasteiger partial charge on any atom is 0.242 e. The molecule has 0 bridgehead atoms. The minimum absolute atomic E-state index is 0.215. The fourth-order valence-corrected chi connectivity index (χ4v) is 5.24. The second-order valence-electron chi connectivity index (χ2n) is 6.44. The quantitative estimate of drug-likeness (QED) is 0.727. The third-order valence-electron chi connectivity index (χ3n) is 4.67. The number of nitrogens with zero attached hydrogens (tertiary/aromatic N) is 3. The van der Waals surface area contributed by atoms with Crippen LogP contribution in [0.5, 0.6) is 0 Å². The van der Waals surface area contributed by atoms with Crippen LogP contribution in [-0.4, -0.2) is 38.0 Å². The van der Waals surface area contributed by atoms with Crippen LogP contribution in [0.25, 0.3) is 10.2 Å². The smallest absolute Gasteiger partial charge is 0.242 e. The van der Waals surface area contributed by atoms with Crippen molar-refractivity contribution in [3.05, 3.63) is 48.8 Å². The SMILES string of the molecule is O=S(=O)(NCC1CCN(c2nc3ccccc3s2)CC1)c1cccnc1. The first-order valence-electron chi connectivity index (χ1n) is 8.62. The minimum atomic E-state index is -3.48. The monoisotopic (exact) mass is 388 g/mol. The van der Waals surface area contributed by atoms with Crippen LogP contribution in [-0.2, 0) is 10.0 Å². The molecule has 1 aromatic carbocycles. The summed E-state index contributed by atoms with van der Waals surface area (Å²) in [6, 6.07) is 11.4. The molecule has 136 valence electrons. The molecule has 3 aromatic rings. The molecule has 26 heavy (non-hydrogen) atoms. The van der Waals surface area contributed by atoms with Gasteiger partial charge in [0.25, 0.3) is 0 Å². The van der Waals surface area contributed by atoms with Crippen molar-refractivity contribution >= 4 is 36.7 Å². The van der Waals surface area contributed by atoms with Gasteiger partial charge in [0.2, 0.25) is 10.0 Å². The fraction of sp³-hybridized carbons (Fsp3) is 0.333. The van der Waals surface area contributed by atoms with Gasteiger partial charge in [0, 0.05) is 32.0 Å². The van der Waals surface area contributed by atoms with E-state index in [0.717, 1.165) is 36.6 Å². The Morgan fingerprint density at radius 1 is 1.15 bits per heavy atom.